The van der Waals surface area contributed by atoms with Gasteiger partial charge in [-0.15, -0.1) is 0 Å². The maximum Gasteiger partial charge on any atom is 0.227 e. The van der Waals surface area contributed by atoms with Crippen LogP contribution in [0.4, 0.5) is 17.6 Å². The molecule has 26 heavy (non-hydrogen) atoms. The number of aryl methyl sites for hydroxylation is 1. The Bertz CT molecular complexity index is 829. The Kier molecular flexibility index (Phi) is 4.68. The van der Waals surface area contributed by atoms with E-state index in [0.717, 1.165) is 55.2 Å². The van der Waals surface area contributed by atoms with E-state index in [4.69, 9.17) is 4.42 Å². The average molecular weight is 350 g/mol. The fourth-order valence-corrected chi connectivity index (χ4v) is 3.05. The summed E-state index contributed by atoms with van der Waals surface area (Å²) in [6.07, 6.45) is 3.51. The second-order valence-electron chi connectivity index (χ2n) is 6.29. The molecule has 0 unspecified atom stereocenters. The second-order valence-corrected chi connectivity index (χ2v) is 6.29. The highest BCUT2D eigenvalue weighted by atomic mass is 16.3. The van der Waals surface area contributed by atoms with Gasteiger partial charge in [0.1, 0.15) is 17.4 Å². The Morgan fingerprint density at radius 2 is 1.88 bits per heavy atom. The van der Waals surface area contributed by atoms with Crippen molar-refractivity contribution >= 4 is 17.6 Å². The first kappa shape index (κ1) is 16.4. The molecule has 0 aliphatic carbocycles. The van der Waals surface area contributed by atoms with Crippen molar-refractivity contribution in [3.63, 3.8) is 0 Å². The molecule has 0 atom stereocenters. The molecule has 0 aromatic carbocycles. The minimum Gasteiger partial charge on any atom is -0.467 e. The molecule has 4 heterocycles. The number of hydrogen-bond acceptors (Lipinski definition) is 7. The molecule has 1 N–H and O–H groups in total. The predicted molar refractivity (Wildman–Crippen MR) is 101 cm³/mol. The van der Waals surface area contributed by atoms with Gasteiger partial charge in [0, 0.05) is 44.1 Å². The van der Waals surface area contributed by atoms with Gasteiger partial charge in [0.05, 0.1) is 12.8 Å². The van der Waals surface area contributed by atoms with Crippen LogP contribution in [-0.2, 0) is 6.54 Å². The number of aromatic nitrogens is 3. The monoisotopic (exact) mass is 350 g/mol. The molecule has 1 aliphatic heterocycles. The molecule has 3 aromatic rings. The quantitative estimate of drug-likeness (QED) is 0.758. The lowest BCUT2D eigenvalue weighted by Gasteiger charge is -2.35. The van der Waals surface area contributed by atoms with Crippen molar-refractivity contribution in [3.05, 3.63) is 60.3 Å². The molecule has 3 aromatic heterocycles. The van der Waals surface area contributed by atoms with Crippen LogP contribution >= 0.6 is 0 Å². The van der Waals surface area contributed by atoms with E-state index in [2.05, 4.69) is 36.1 Å². The highest BCUT2D eigenvalue weighted by Crippen LogP contribution is 2.18. The zero-order valence-electron chi connectivity index (χ0n) is 14.8. The first-order valence-corrected chi connectivity index (χ1v) is 8.81. The maximum absolute atomic E-state index is 5.36. The predicted octanol–water partition coefficient (Wildman–Crippen LogP) is 2.71. The first-order chi connectivity index (χ1) is 12.8. The van der Waals surface area contributed by atoms with E-state index in [-0.39, 0.29) is 0 Å². The molecule has 1 saturated heterocycles. The molecule has 7 nitrogen and oxygen atoms in total. The fourth-order valence-electron chi connectivity index (χ4n) is 3.05. The van der Waals surface area contributed by atoms with Gasteiger partial charge in [0.15, 0.2) is 0 Å². The van der Waals surface area contributed by atoms with E-state index >= 15 is 0 Å². The number of rotatable bonds is 5. The van der Waals surface area contributed by atoms with Gasteiger partial charge in [-0.3, -0.25) is 0 Å². The van der Waals surface area contributed by atoms with Gasteiger partial charge < -0.3 is 19.5 Å². The zero-order valence-corrected chi connectivity index (χ0v) is 14.8. The van der Waals surface area contributed by atoms with Gasteiger partial charge >= 0.3 is 0 Å². The molecular weight excluding hydrogens is 328 g/mol. The third-order valence-corrected chi connectivity index (χ3v) is 4.40. The van der Waals surface area contributed by atoms with Crippen LogP contribution < -0.4 is 15.1 Å². The van der Waals surface area contributed by atoms with Crippen molar-refractivity contribution in [3.8, 4) is 0 Å². The van der Waals surface area contributed by atoms with Gasteiger partial charge in [0.25, 0.3) is 0 Å². The van der Waals surface area contributed by atoms with Crippen LogP contribution in [0.1, 0.15) is 11.5 Å². The van der Waals surface area contributed by atoms with Crippen LogP contribution in [0, 0.1) is 6.92 Å². The molecule has 0 amide bonds. The molecule has 0 spiro atoms. The molecule has 0 saturated carbocycles. The topological polar surface area (TPSA) is 70.3 Å². The van der Waals surface area contributed by atoms with Crippen LogP contribution in [-0.4, -0.2) is 41.1 Å². The van der Waals surface area contributed by atoms with Gasteiger partial charge in [-0.1, -0.05) is 6.07 Å². The molecule has 134 valence electrons. The van der Waals surface area contributed by atoms with Gasteiger partial charge in [-0.25, -0.2) is 9.97 Å². The molecule has 4 rings (SSSR count). The lowest BCUT2D eigenvalue weighted by atomic mass is 10.3. The summed E-state index contributed by atoms with van der Waals surface area (Å²) in [4.78, 5) is 18.3. The standard InChI is InChI=1S/C19H22N6O/c1-15-13-17(21-14-16-5-4-12-26-16)23-19(22-15)25-10-8-24(9-11-25)18-6-2-3-7-20-18/h2-7,12-13H,8-11,14H2,1H3,(H,21,22,23). The van der Waals surface area contributed by atoms with Crippen LogP contribution in [0.2, 0.25) is 0 Å². The Hall–Kier alpha value is -3.09. The molecule has 0 bridgehead atoms. The minimum absolute atomic E-state index is 0.607. The lowest BCUT2D eigenvalue weighted by molar-refractivity contribution is 0.517. The first-order valence-electron chi connectivity index (χ1n) is 8.81. The molecule has 7 heteroatoms. The number of furan rings is 1. The summed E-state index contributed by atoms with van der Waals surface area (Å²) >= 11 is 0. The van der Waals surface area contributed by atoms with E-state index in [0.29, 0.717) is 6.54 Å². The van der Waals surface area contributed by atoms with Crippen molar-refractivity contribution in [1.82, 2.24) is 15.0 Å². The maximum atomic E-state index is 5.36. The number of piperazine rings is 1. The number of pyridine rings is 1. The van der Waals surface area contributed by atoms with E-state index < -0.39 is 0 Å². The molecular formula is C19H22N6O. The van der Waals surface area contributed by atoms with E-state index in [1.165, 1.54) is 0 Å². The number of anilines is 3. The average Bonchev–Trinajstić information content (AvgIpc) is 3.20. The summed E-state index contributed by atoms with van der Waals surface area (Å²) in [6.45, 7) is 6.16. The summed E-state index contributed by atoms with van der Waals surface area (Å²) < 4.78 is 5.36. The van der Waals surface area contributed by atoms with Crippen LogP contribution in [0.3, 0.4) is 0 Å². The molecule has 1 aliphatic rings. The van der Waals surface area contributed by atoms with Crippen LogP contribution in [0.5, 0.6) is 0 Å². The van der Waals surface area contributed by atoms with Gasteiger partial charge in [-0.05, 0) is 31.2 Å². The third-order valence-electron chi connectivity index (χ3n) is 4.40. The number of nitrogens with zero attached hydrogens (tertiary/aromatic N) is 5. The zero-order chi connectivity index (χ0) is 17.8. The summed E-state index contributed by atoms with van der Waals surface area (Å²) in [5.41, 5.74) is 0.948. The molecule has 1 fully saturated rings. The fraction of sp³-hybridized carbons (Fsp3) is 0.316. The minimum atomic E-state index is 0.607. The normalized spacial score (nSPS) is 14.5. The number of nitrogens with one attached hydrogen (secondary N) is 1. The van der Waals surface area contributed by atoms with Crippen LogP contribution in [0.15, 0.2) is 53.3 Å². The SMILES string of the molecule is Cc1cc(NCc2ccco2)nc(N2CCN(c3ccccn3)CC2)n1. The van der Waals surface area contributed by atoms with Crippen molar-refractivity contribution in [2.45, 2.75) is 13.5 Å². The van der Waals surface area contributed by atoms with E-state index in [9.17, 15) is 0 Å². The summed E-state index contributed by atoms with van der Waals surface area (Å²) in [5.74, 6) is 3.49. The van der Waals surface area contributed by atoms with Gasteiger partial charge in [0.2, 0.25) is 5.95 Å². The van der Waals surface area contributed by atoms with Gasteiger partial charge in [-0.2, -0.15) is 4.98 Å². The highest BCUT2D eigenvalue weighted by Gasteiger charge is 2.20. The smallest absolute Gasteiger partial charge is 0.227 e. The van der Waals surface area contributed by atoms with Crippen molar-refractivity contribution < 1.29 is 4.42 Å². The van der Waals surface area contributed by atoms with E-state index in [1.807, 2.05) is 43.5 Å². The van der Waals surface area contributed by atoms with Crippen molar-refractivity contribution in [1.29, 1.82) is 0 Å². The van der Waals surface area contributed by atoms with Crippen LogP contribution in [0.25, 0.3) is 0 Å². The summed E-state index contributed by atoms with van der Waals surface area (Å²) in [7, 11) is 0. The Morgan fingerprint density at radius 3 is 2.62 bits per heavy atom. The Labute approximate surface area is 152 Å². The van der Waals surface area contributed by atoms with Crippen molar-refractivity contribution in [2.24, 2.45) is 0 Å². The largest absolute Gasteiger partial charge is 0.467 e. The molecule has 0 radical (unpaired) electrons. The summed E-state index contributed by atoms with van der Waals surface area (Å²) in [6, 6.07) is 11.8. The second kappa shape index (κ2) is 7.43. The Morgan fingerprint density at radius 1 is 1.04 bits per heavy atom. The highest BCUT2D eigenvalue weighted by molar-refractivity contribution is 5.46. The number of hydrogen-bond donors (Lipinski definition) is 1. The third kappa shape index (κ3) is 3.77. The summed E-state index contributed by atoms with van der Waals surface area (Å²) in [5, 5.41) is 3.31. The van der Waals surface area contributed by atoms with E-state index in [1.54, 1.807) is 6.26 Å². The Balaban J connectivity index is 1.41. The lowest BCUT2D eigenvalue weighted by Crippen LogP contribution is -2.47. The van der Waals surface area contributed by atoms with Crippen molar-refractivity contribution in [2.75, 3.05) is 41.3 Å².